The van der Waals surface area contributed by atoms with Gasteiger partial charge in [0.05, 0.1) is 6.61 Å². The maximum atomic E-state index is 12.5. The molecule has 1 aliphatic heterocycles. The third-order valence-electron chi connectivity index (χ3n) is 3.81. The van der Waals surface area contributed by atoms with E-state index in [2.05, 4.69) is 0 Å². The van der Waals surface area contributed by atoms with E-state index >= 15 is 0 Å². The van der Waals surface area contributed by atoms with Crippen LogP contribution in [0.25, 0.3) is 6.08 Å². The van der Waals surface area contributed by atoms with Crippen molar-refractivity contribution >= 4 is 18.0 Å². The minimum atomic E-state index is -1.03. The molecule has 0 aliphatic carbocycles. The lowest BCUT2D eigenvalue weighted by atomic mass is 10.1. The first-order valence-corrected chi connectivity index (χ1v) is 7.95. The number of hydrogen-bond acceptors (Lipinski definition) is 4. The van der Waals surface area contributed by atoms with Crippen molar-refractivity contribution < 1.29 is 19.4 Å². The first kappa shape index (κ1) is 17.5. The predicted molar refractivity (Wildman–Crippen MR) is 88.2 cm³/mol. The van der Waals surface area contributed by atoms with E-state index in [-0.39, 0.29) is 5.57 Å². The summed E-state index contributed by atoms with van der Waals surface area (Å²) in [4.78, 5) is 24.9. The molecule has 24 heavy (non-hydrogen) atoms. The van der Waals surface area contributed by atoms with E-state index in [1.54, 1.807) is 24.3 Å². The lowest BCUT2D eigenvalue weighted by Gasteiger charge is -2.20. The summed E-state index contributed by atoms with van der Waals surface area (Å²) < 4.78 is 5.48. The Morgan fingerprint density at radius 1 is 1.42 bits per heavy atom. The summed E-state index contributed by atoms with van der Waals surface area (Å²) in [5, 5.41) is 18.4. The zero-order chi connectivity index (χ0) is 17.5. The van der Waals surface area contributed by atoms with E-state index in [1.165, 1.54) is 11.0 Å². The van der Waals surface area contributed by atoms with Crippen molar-refractivity contribution in [2.24, 2.45) is 0 Å². The third kappa shape index (κ3) is 4.13. The second-order valence-corrected chi connectivity index (χ2v) is 5.58. The highest BCUT2D eigenvalue weighted by molar-refractivity contribution is 6.03. The van der Waals surface area contributed by atoms with Gasteiger partial charge in [-0.15, -0.1) is 0 Å². The molecular formula is C18H20N2O4. The molecule has 126 valence electrons. The maximum Gasteiger partial charge on any atom is 0.326 e. The fourth-order valence-electron chi connectivity index (χ4n) is 2.61. The fraction of sp³-hybridized carbons (Fsp3) is 0.389. The smallest absolute Gasteiger partial charge is 0.326 e. The topological polar surface area (TPSA) is 90.6 Å². The Balaban J connectivity index is 2.15. The second kappa shape index (κ2) is 8.16. The number of carbonyl (C=O) groups excluding carboxylic acids is 1. The van der Waals surface area contributed by atoms with Gasteiger partial charge in [0.1, 0.15) is 23.4 Å². The third-order valence-corrected chi connectivity index (χ3v) is 3.81. The van der Waals surface area contributed by atoms with Crippen LogP contribution in [0.2, 0.25) is 0 Å². The van der Waals surface area contributed by atoms with Crippen LogP contribution in [0, 0.1) is 11.3 Å². The summed E-state index contributed by atoms with van der Waals surface area (Å²) in [7, 11) is 0. The summed E-state index contributed by atoms with van der Waals surface area (Å²) in [6.07, 6.45) is 3.44. The number of carboxylic acids is 1. The molecule has 0 saturated carbocycles. The number of hydrogen-bond donors (Lipinski definition) is 1. The summed E-state index contributed by atoms with van der Waals surface area (Å²) in [6, 6.07) is 8.10. The first-order valence-electron chi connectivity index (χ1n) is 7.95. The van der Waals surface area contributed by atoms with Crippen LogP contribution >= 0.6 is 0 Å². The minimum Gasteiger partial charge on any atom is -0.494 e. The van der Waals surface area contributed by atoms with Gasteiger partial charge in [0.15, 0.2) is 0 Å². The quantitative estimate of drug-likeness (QED) is 0.640. The van der Waals surface area contributed by atoms with Gasteiger partial charge in [-0.2, -0.15) is 5.26 Å². The second-order valence-electron chi connectivity index (χ2n) is 5.58. The van der Waals surface area contributed by atoms with E-state index in [9.17, 15) is 14.9 Å². The average Bonchev–Trinajstić information content (AvgIpc) is 3.08. The van der Waals surface area contributed by atoms with Crippen LogP contribution in [0.1, 0.15) is 31.7 Å². The zero-order valence-electron chi connectivity index (χ0n) is 13.6. The molecular weight excluding hydrogens is 308 g/mol. The Kier molecular flexibility index (Phi) is 5.96. The summed E-state index contributed by atoms with van der Waals surface area (Å²) in [5.41, 5.74) is 0.625. The monoisotopic (exact) mass is 328 g/mol. The molecule has 2 rings (SSSR count). The molecule has 6 heteroatoms. The molecule has 0 bridgehead atoms. The van der Waals surface area contributed by atoms with Gasteiger partial charge in [-0.1, -0.05) is 19.1 Å². The van der Waals surface area contributed by atoms with Crippen molar-refractivity contribution in [3.8, 4) is 11.8 Å². The maximum absolute atomic E-state index is 12.5. The van der Waals surface area contributed by atoms with Gasteiger partial charge in [0.2, 0.25) is 0 Å². The summed E-state index contributed by atoms with van der Waals surface area (Å²) in [6.45, 7) is 3.01. The molecule has 1 aromatic rings. The largest absolute Gasteiger partial charge is 0.494 e. The average molecular weight is 328 g/mol. The number of rotatable bonds is 6. The van der Waals surface area contributed by atoms with Crippen molar-refractivity contribution in [3.63, 3.8) is 0 Å². The first-order chi connectivity index (χ1) is 11.6. The van der Waals surface area contributed by atoms with Crippen LogP contribution in [-0.4, -0.2) is 41.1 Å². The van der Waals surface area contributed by atoms with Crippen LogP contribution in [0.3, 0.4) is 0 Å². The molecule has 1 N–H and O–H groups in total. The number of benzene rings is 1. The van der Waals surface area contributed by atoms with Gasteiger partial charge in [0.25, 0.3) is 5.91 Å². The Labute approximate surface area is 140 Å². The number of ether oxygens (including phenoxy) is 1. The van der Waals surface area contributed by atoms with Crippen molar-refractivity contribution in [1.29, 1.82) is 5.26 Å². The molecule has 6 nitrogen and oxygen atoms in total. The van der Waals surface area contributed by atoms with E-state index in [4.69, 9.17) is 9.84 Å². The van der Waals surface area contributed by atoms with Crippen LogP contribution < -0.4 is 4.74 Å². The molecule has 1 aliphatic rings. The lowest BCUT2D eigenvalue weighted by Crippen LogP contribution is -2.40. The molecule has 1 unspecified atom stereocenters. The van der Waals surface area contributed by atoms with Gasteiger partial charge in [0, 0.05) is 6.54 Å². The van der Waals surface area contributed by atoms with E-state index < -0.39 is 17.9 Å². The molecule has 1 aromatic carbocycles. The van der Waals surface area contributed by atoms with Crippen LogP contribution in [0.4, 0.5) is 0 Å². The van der Waals surface area contributed by atoms with Crippen LogP contribution in [0.15, 0.2) is 29.8 Å². The van der Waals surface area contributed by atoms with E-state index in [1.807, 2.05) is 13.0 Å². The number of nitriles is 1. The highest BCUT2D eigenvalue weighted by atomic mass is 16.5. The molecule has 1 amide bonds. The number of nitrogens with zero attached hydrogens (tertiary/aromatic N) is 2. The molecule has 1 saturated heterocycles. The van der Waals surface area contributed by atoms with Gasteiger partial charge >= 0.3 is 5.97 Å². The molecule has 0 spiro atoms. The highest BCUT2D eigenvalue weighted by Crippen LogP contribution is 2.21. The Morgan fingerprint density at radius 3 is 2.71 bits per heavy atom. The van der Waals surface area contributed by atoms with Gasteiger partial charge < -0.3 is 14.7 Å². The van der Waals surface area contributed by atoms with Crippen molar-refractivity contribution in [1.82, 2.24) is 4.90 Å². The number of likely N-dealkylation sites (tertiary alicyclic amines) is 1. The van der Waals surface area contributed by atoms with Crippen LogP contribution in [-0.2, 0) is 9.59 Å². The summed E-state index contributed by atoms with van der Waals surface area (Å²) in [5.74, 6) is -0.839. The Bertz CT molecular complexity index is 673. The molecule has 1 atom stereocenters. The molecule has 1 heterocycles. The fourth-order valence-corrected chi connectivity index (χ4v) is 2.61. The minimum absolute atomic E-state index is 0.0645. The Morgan fingerprint density at radius 2 is 2.12 bits per heavy atom. The van der Waals surface area contributed by atoms with Gasteiger partial charge in [-0.25, -0.2) is 4.79 Å². The van der Waals surface area contributed by atoms with E-state index in [0.29, 0.717) is 31.6 Å². The lowest BCUT2D eigenvalue weighted by molar-refractivity contribution is -0.146. The van der Waals surface area contributed by atoms with Crippen molar-refractivity contribution in [3.05, 3.63) is 35.4 Å². The number of carbonyl (C=O) groups is 2. The molecule has 0 radical (unpaired) electrons. The Hall–Kier alpha value is -2.81. The molecule has 1 fully saturated rings. The molecule has 0 aromatic heterocycles. The summed E-state index contributed by atoms with van der Waals surface area (Å²) >= 11 is 0. The van der Waals surface area contributed by atoms with Gasteiger partial charge in [-0.05, 0) is 43.0 Å². The zero-order valence-corrected chi connectivity index (χ0v) is 13.6. The normalized spacial score (nSPS) is 17.4. The number of aliphatic carboxylic acids is 1. The SMILES string of the molecule is CCCOc1ccc(/C=C(\C#N)C(=O)N2CCCC2C(=O)O)cc1. The van der Waals surface area contributed by atoms with Crippen molar-refractivity contribution in [2.45, 2.75) is 32.2 Å². The van der Waals surface area contributed by atoms with Crippen LogP contribution in [0.5, 0.6) is 5.75 Å². The van der Waals surface area contributed by atoms with Gasteiger partial charge in [-0.3, -0.25) is 4.79 Å². The number of carboxylic acid groups (broad SMARTS) is 1. The van der Waals surface area contributed by atoms with E-state index in [0.717, 1.165) is 12.2 Å². The van der Waals surface area contributed by atoms with Crippen molar-refractivity contribution in [2.75, 3.05) is 13.2 Å². The standard InChI is InChI=1S/C18H20N2O4/c1-2-10-24-15-7-5-13(6-8-15)11-14(12-19)17(21)20-9-3-4-16(20)18(22)23/h5-8,11,16H,2-4,9-10H2,1H3,(H,22,23)/b14-11+. The highest BCUT2D eigenvalue weighted by Gasteiger charge is 2.35. The number of amides is 1. The predicted octanol–water partition coefficient (Wildman–Crippen LogP) is 2.46.